The zero-order valence-corrected chi connectivity index (χ0v) is 20.8. The van der Waals surface area contributed by atoms with Crippen molar-refractivity contribution in [2.75, 3.05) is 0 Å². The van der Waals surface area contributed by atoms with Crippen molar-refractivity contribution in [1.29, 1.82) is 0 Å². The number of aryl methyl sites for hydroxylation is 2. The van der Waals surface area contributed by atoms with Crippen LogP contribution in [0.3, 0.4) is 0 Å². The molecule has 180 valence electrons. The second kappa shape index (κ2) is 9.82. The van der Waals surface area contributed by atoms with Gasteiger partial charge in [0.25, 0.3) is 0 Å². The number of rotatable bonds is 7. The van der Waals surface area contributed by atoms with Gasteiger partial charge < -0.3 is 4.74 Å². The first-order valence-electron chi connectivity index (χ1n) is 11.7. The number of pyridine rings is 1. The van der Waals surface area contributed by atoms with Crippen molar-refractivity contribution in [1.82, 2.24) is 14.8 Å². The third-order valence-electron chi connectivity index (χ3n) is 5.82. The van der Waals surface area contributed by atoms with E-state index in [1.165, 1.54) is 6.07 Å². The van der Waals surface area contributed by atoms with Crippen LogP contribution in [-0.2, 0) is 23.1 Å². The van der Waals surface area contributed by atoms with Crippen molar-refractivity contribution >= 4 is 5.78 Å². The second-order valence-corrected chi connectivity index (χ2v) is 9.91. The molecule has 0 atom stereocenters. The SMILES string of the molecule is Cc1ccc(-n2nc(C(C)(C)C)cc2CC(=O)Cc2ccc(Oc3ccncc3C)cc2F)cc1. The van der Waals surface area contributed by atoms with Crippen LogP contribution < -0.4 is 4.74 Å². The van der Waals surface area contributed by atoms with Gasteiger partial charge in [-0.2, -0.15) is 5.10 Å². The number of benzene rings is 2. The number of halogens is 1. The molecular weight excluding hydrogens is 441 g/mol. The smallest absolute Gasteiger partial charge is 0.143 e. The maximum Gasteiger partial charge on any atom is 0.143 e. The largest absolute Gasteiger partial charge is 0.457 e. The third kappa shape index (κ3) is 5.83. The first kappa shape index (κ1) is 24.3. The number of hydrogen-bond acceptors (Lipinski definition) is 4. The first-order chi connectivity index (χ1) is 16.6. The average molecular weight is 472 g/mol. The molecule has 5 nitrogen and oxygen atoms in total. The Hall–Kier alpha value is -3.80. The van der Waals surface area contributed by atoms with Gasteiger partial charge in [-0.25, -0.2) is 9.07 Å². The lowest BCUT2D eigenvalue weighted by molar-refractivity contribution is -0.117. The van der Waals surface area contributed by atoms with E-state index in [0.29, 0.717) is 17.1 Å². The van der Waals surface area contributed by atoms with Gasteiger partial charge in [0.05, 0.1) is 17.1 Å². The van der Waals surface area contributed by atoms with E-state index >= 15 is 0 Å². The van der Waals surface area contributed by atoms with Gasteiger partial charge in [0, 0.05) is 42.3 Å². The maximum absolute atomic E-state index is 14.8. The number of hydrogen-bond donors (Lipinski definition) is 0. The summed E-state index contributed by atoms with van der Waals surface area (Å²) in [7, 11) is 0. The predicted octanol–water partition coefficient (Wildman–Crippen LogP) is 6.47. The van der Waals surface area contributed by atoms with Gasteiger partial charge in [-0.3, -0.25) is 9.78 Å². The zero-order valence-electron chi connectivity index (χ0n) is 20.8. The number of ether oxygens (including phenoxy) is 1. The molecule has 4 aromatic rings. The van der Waals surface area contributed by atoms with Gasteiger partial charge in [-0.15, -0.1) is 0 Å². The van der Waals surface area contributed by atoms with Gasteiger partial charge in [0.2, 0.25) is 0 Å². The molecule has 0 aliphatic heterocycles. The van der Waals surface area contributed by atoms with Crippen LogP contribution in [0, 0.1) is 19.7 Å². The van der Waals surface area contributed by atoms with Crippen molar-refractivity contribution < 1.29 is 13.9 Å². The molecule has 0 bridgehead atoms. The van der Waals surface area contributed by atoms with Crippen LogP contribution >= 0.6 is 0 Å². The van der Waals surface area contributed by atoms with Gasteiger partial charge >= 0.3 is 0 Å². The van der Waals surface area contributed by atoms with Crippen molar-refractivity contribution in [2.45, 2.75) is 52.9 Å². The summed E-state index contributed by atoms with van der Waals surface area (Å²) in [4.78, 5) is 17.0. The number of nitrogens with zero attached hydrogens (tertiary/aromatic N) is 3. The molecule has 0 N–H and O–H groups in total. The Morgan fingerprint density at radius 2 is 1.74 bits per heavy atom. The molecule has 6 heteroatoms. The summed E-state index contributed by atoms with van der Waals surface area (Å²) in [5.41, 5.74) is 4.77. The number of aromatic nitrogens is 3. The quantitative estimate of drug-likeness (QED) is 0.310. The van der Waals surface area contributed by atoms with Crippen molar-refractivity contribution in [3.63, 3.8) is 0 Å². The van der Waals surface area contributed by atoms with Crippen molar-refractivity contribution in [3.05, 3.63) is 101 Å². The van der Waals surface area contributed by atoms with Crippen LogP contribution in [0.1, 0.15) is 48.8 Å². The summed E-state index contributed by atoms with van der Waals surface area (Å²) in [6, 6.07) is 16.3. The van der Waals surface area contributed by atoms with E-state index in [0.717, 1.165) is 28.2 Å². The maximum atomic E-state index is 14.8. The summed E-state index contributed by atoms with van der Waals surface area (Å²) in [5, 5.41) is 4.79. The second-order valence-electron chi connectivity index (χ2n) is 9.91. The van der Waals surface area contributed by atoms with Gasteiger partial charge in [0.1, 0.15) is 23.1 Å². The van der Waals surface area contributed by atoms with E-state index in [9.17, 15) is 9.18 Å². The highest BCUT2D eigenvalue weighted by molar-refractivity contribution is 5.83. The molecule has 0 saturated heterocycles. The molecule has 0 fully saturated rings. The highest BCUT2D eigenvalue weighted by Crippen LogP contribution is 2.27. The lowest BCUT2D eigenvalue weighted by Gasteiger charge is -2.14. The van der Waals surface area contributed by atoms with Gasteiger partial charge in [-0.05, 0) is 49.7 Å². The van der Waals surface area contributed by atoms with Crippen LogP contribution in [0.15, 0.2) is 67.0 Å². The fourth-order valence-corrected chi connectivity index (χ4v) is 3.74. The summed E-state index contributed by atoms with van der Waals surface area (Å²) >= 11 is 0. The summed E-state index contributed by atoms with van der Waals surface area (Å²) < 4.78 is 22.4. The monoisotopic (exact) mass is 471 g/mol. The molecule has 2 aromatic heterocycles. The Bertz CT molecular complexity index is 1350. The highest BCUT2D eigenvalue weighted by Gasteiger charge is 2.22. The zero-order chi connectivity index (χ0) is 25.2. The summed E-state index contributed by atoms with van der Waals surface area (Å²) in [6.07, 6.45) is 3.46. The van der Waals surface area contributed by atoms with Crippen molar-refractivity contribution in [2.24, 2.45) is 0 Å². The normalized spacial score (nSPS) is 11.5. The Kier molecular flexibility index (Phi) is 6.83. The molecule has 0 aliphatic carbocycles. The Morgan fingerprint density at radius 3 is 2.40 bits per heavy atom. The molecule has 0 aliphatic rings. The van der Waals surface area contributed by atoms with Crippen LogP contribution in [0.25, 0.3) is 5.69 Å². The summed E-state index contributed by atoms with van der Waals surface area (Å²) in [6.45, 7) is 10.2. The molecule has 0 radical (unpaired) electrons. The minimum absolute atomic E-state index is 0.00960. The lowest BCUT2D eigenvalue weighted by atomic mass is 9.92. The van der Waals surface area contributed by atoms with E-state index in [2.05, 4.69) is 25.8 Å². The standard InChI is InChI=1S/C29H30FN3O2/c1-19-6-9-22(10-7-19)33-23(16-28(32-33)29(3,4)5)15-24(34)14-21-8-11-25(17-26(21)30)35-27-12-13-31-18-20(27)2/h6-13,16-18H,14-15H2,1-5H3. The van der Waals surface area contributed by atoms with E-state index in [1.54, 1.807) is 30.6 Å². The van der Waals surface area contributed by atoms with E-state index in [-0.39, 0.29) is 24.0 Å². The molecule has 0 unspecified atom stereocenters. The van der Waals surface area contributed by atoms with Crippen LogP contribution in [0.5, 0.6) is 11.5 Å². The molecule has 2 heterocycles. The van der Waals surface area contributed by atoms with Crippen LogP contribution in [0.4, 0.5) is 4.39 Å². The van der Waals surface area contributed by atoms with Crippen LogP contribution in [-0.4, -0.2) is 20.5 Å². The molecule has 4 rings (SSSR count). The van der Waals surface area contributed by atoms with Gasteiger partial charge in [-0.1, -0.05) is 44.5 Å². The number of ketones is 1. The Morgan fingerprint density at radius 1 is 1.00 bits per heavy atom. The number of carbonyl (C=O) groups excluding carboxylic acids is 1. The molecule has 35 heavy (non-hydrogen) atoms. The molecule has 0 spiro atoms. The molecular formula is C29H30FN3O2. The fourth-order valence-electron chi connectivity index (χ4n) is 3.74. The lowest BCUT2D eigenvalue weighted by Crippen LogP contribution is -2.13. The molecule has 2 aromatic carbocycles. The highest BCUT2D eigenvalue weighted by atomic mass is 19.1. The molecule has 0 amide bonds. The number of Topliss-reactive ketones (excluding diaryl/α,β-unsaturated/α-hetero) is 1. The van der Waals surface area contributed by atoms with E-state index < -0.39 is 5.82 Å². The third-order valence-corrected chi connectivity index (χ3v) is 5.82. The average Bonchev–Trinajstić information content (AvgIpc) is 3.22. The van der Waals surface area contributed by atoms with Gasteiger partial charge in [0.15, 0.2) is 0 Å². The fraction of sp³-hybridized carbons (Fsp3) is 0.276. The minimum Gasteiger partial charge on any atom is -0.457 e. The topological polar surface area (TPSA) is 57.0 Å². The molecule has 0 saturated carbocycles. The predicted molar refractivity (Wildman–Crippen MR) is 135 cm³/mol. The van der Waals surface area contributed by atoms with E-state index in [1.807, 2.05) is 48.9 Å². The van der Waals surface area contributed by atoms with Crippen LogP contribution in [0.2, 0.25) is 0 Å². The minimum atomic E-state index is -0.468. The van der Waals surface area contributed by atoms with Crippen molar-refractivity contribution in [3.8, 4) is 17.2 Å². The summed E-state index contributed by atoms with van der Waals surface area (Å²) in [5.74, 6) is 0.434. The Balaban J connectivity index is 1.52. The number of carbonyl (C=O) groups is 1. The van der Waals surface area contributed by atoms with E-state index in [4.69, 9.17) is 9.84 Å². The Labute approximate surface area is 205 Å². The first-order valence-corrected chi connectivity index (χ1v) is 11.7.